The van der Waals surface area contributed by atoms with Gasteiger partial charge in [-0.05, 0) is 60.5 Å². The second kappa shape index (κ2) is 11.1. The molecular weight excluding hydrogens is 501 g/mol. The van der Waals surface area contributed by atoms with Crippen molar-refractivity contribution in [2.24, 2.45) is 0 Å². The van der Waals surface area contributed by atoms with Crippen LogP contribution in [0.5, 0.6) is 11.5 Å². The number of urea groups is 1. The van der Waals surface area contributed by atoms with Gasteiger partial charge in [-0.25, -0.2) is 14.1 Å². The summed E-state index contributed by atoms with van der Waals surface area (Å²) in [6, 6.07) is 15.5. The Kier molecular flexibility index (Phi) is 7.74. The third kappa shape index (κ3) is 6.25. The number of nitrogens with one attached hydrogen (secondary N) is 2. The number of imide groups is 1. The molecule has 3 aromatic rings. The van der Waals surface area contributed by atoms with Crippen LogP contribution < -0.4 is 20.1 Å². The number of rotatable bonds is 8. The fourth-order valence-corrected chi connectivity index (χ4v) is 3.88. The molecule has 0 aliphatic carbocycles. The molecule has 0 bridgehead atoms. The third-order valence-corrected chi connectivity index (χ3v) is 5.72. The first-order valence-corrected chi connectivity index (χ1v) is 11.6. The van der Waals surface area contributed by atoms with Gasteiger partial charge in [-0.15, -0.1) is 0 Å². The number of hydrogen-bond acceptors (Lipinski definition) is 5. The largest absolute Gasteiger partial charge is 0.493 e. The summed E-state index contributed by atoms with van der Waals surface area (Å²) in [5.74, 6) is -1.04. The van der Waals surface area contributed by atoms with Gasteiger partial charge in [0, 0.05) is 5.69 Å². The maximum absolute atomic E-state index is 13.4. The van der Waals surface area contributed by atoms with E-state index < -0.39 is 24.4 Å². The molecule has 190 valence electrons. The maximum atomic E-state index is 13.4. The second-order valence-electron chi connectivity index (χ2n) is 8.25. The summed E-state index contributed by atoms with van der Waals surface area (Å²) in [5, 5.41) is 5.32. The first kappa shape index (κ1) is 25.7. The molecule has 4 amide bonds. The fourth-order valence-electron chi connectivity index (χ4n) is 3.61. The molecule has 8 nitrogen and oxygen atoms in total. The standard InChI is InChI=1S/C27H23ClFN3O5/c1-16-6-8-20(9-7-16)30-24(33)14-32-26(34)22(31-27(32)35)12-18-11-21(28)25(23(13-18)36-2)37-15-17-4-3-5-19(29)10-17/h3-13H,14-15H2,1-2H3,(H,30,33)(H,31,35)/b22-12+. The Hall–Kier alpha value is -4.37. The Balaban J connectivity index is 1.46. The molecule has 1 saturated heterocycles. The molecule has 1 aliphatic heterocycles. The molecule has 1 heterocycles. The topological polar surface area (TPSA) is 97.0 Å². The average Bonchev–Trinajstić information content (AvgIpc) is 3.11. The number of aryl methyl sites for hydroxylation is 1. The molecule has 0 unspecified atom stereocenters. The van der Waals surface area contributed by atoms with Crippen molar-refractivity contribution in [3.63, 3.8) is 0 Å². The number of hydrogen-bond donors (Lipinski definition) is 2. The minimum absolute atomic E-state index is 0.0281. The molecule has 0 saturated carbocycles. The lowest BCUT2D eigenvalue weighted by molar-refractivity contribution is -0.127. The van der Waals surface area contributed by atoms with Crippen LogP contribution in [-0.2, 0) is 16.2 Å². The highest BCUT2D eigenvalue weighted by atomic mass is 35.5. The van der Waals surface area contributed by atoms with Crippen molar-refractivity contribution in [3.05, 3.63) is 93.9 Å². The number of anilines is 1. The predicted molar refractivity (Wildman–Crippen MR) is 137 cm³/mol. The number of halogens is 2. The quantitative estimate of drug-likeness (QED) is 0.323. The van der Waals surface area contributed by atoms with Crippen molar-refractivity contribution >= 4 is 41.2 Å². The lowest BCUT2D eigenvalue weighted by atomic mass is 10.1. The Morgan fingerprint density at radius 3 is 2.59 bits per heavy atom. The number of amides is 4. The van der Waals surface area contributed by atoms with Crippen LogP contribution in [0.4, 0.5) is 14.9 Å². The van der Waals surface area contributed by atoms with E-state index in [9.17, 15) is 18.8 Å². The zero-order valence-electron chi connectivity index (χ0n) is 20.0. The maximum Gasteiger partial charge on any atom is 0.329 e. The summed E-state index contributed by atoms with van der Waals surface area (Å²) >= 11 is 6.40. The van der Waals surface area contributed by atoms with Crippen molar-refractivity contribution in [1.82, 2.24) is 10.2 Å². The number of carbonyl (C=O) groups is 3. The van der Waals surface area contributed by atoms with E-state index in [0.717, 1.165) is 10.5 Å². The van der Waals surface area contributed by atoms with Crippen LogP contribution in [0, 0.1) is 12.7 Å². The zero-order valence-corrected chi connectivity index (χ0v) is 20.8. The van der Waals surface area contributed by atoms with E-state index in [1.165, 1.54) is 31.4 Å². The number of carbonyl (C=O) groups excluding carboxylic acids is 3. The first-order valence-electron chi connectivity index (χ1n) is 11.2. The van der Waals surface area contributed by atoms with Gasteiger partial charge in [-0.1, -0.05) is 41.4 Å². The van der Waals surface area contributed by atoms with Gasteiger partial charge in [0.1, 0.15) is 24.7 Å². The highest BCUT2D eigenvalue weighted by molar-refractivity contribution is 6.32. The van der Waals surface area contributed by atoms with E-state index in [4.69, 9.17) is 21.1 Å². The lowest BCUT2D eigenvalue weighted by Crippen LogP contribution is -2.38. The molecule has 0 atom stereocenters. The molecule has 0 aromatic heterocycles. The van der Waals surface area contributed by atoms with Crippen LogP contribution in [-0.4, -0.2) is 36.4 Å². The van der Waals surface area contributed by atoms with Crippen LogP contribution in [0.2, 0.25) is 5.02 Å². The van der Waals surface area contributed by atoms with Crippen LogP contribution in [0.3, 0.4) is 0 Å². The number of methoxy groups -OCH3 is 1. The number of nitrogens with zero attached hydrogens (tertiary/aromatic N) is 1. The monoisotopic (exact) mass is 523 g/mol. The van der Waals surface area contributed by atoms with Crippen LogP contribution in [0.1, 0.15) is 16.7 Å². The number of ether oxygens (including phenoxy) is 2. The molecule has 1 fully saturated rings. The summed E-state index contributed by atoms with van der Waals surface area (Å²) in [7, 11) is 1.43. The van der Waals surface area contributed by atoms with Gasteiger partial charge in [0.15, 0.2) is 11.5 Å². The first-order chi connectivity index (χ1) is 17.7. The molecule has 0 spiro atoms. The van der Waals surface area contributed by atoms with Crippen molar-refractivity contribution in [2.75, 3.05) is 19.0 Å². The van der Waals surface area contributed by atoms with Crippen molar-refractivity contribution < 1.29 is 28.2 Å². The van der Waals surface area contributed by atoms with Gasteiger partial charge in [0.2, 0.25) is 5.91 Å². The Labute approximate surface area is 217 Å². The smallest absolute Gasteiger partial charge is 0.329 e. The van der Waals surface area contributed by atoms with Gasteiger partial charge in [0.05, 0.1) is 12.1 Å². The van der Waals surface area contributed by atoms with Gasteiger partial charge in [-0.3, -0.25) is 9.59 Å². The summed E-state index contributed by atoms with van der Waals surface area (Å²) < 4.78 is 24.6. The highest BCUT2D eigenvalue weighted by Crippen LogP contribution is 2.37. The molecule has 10 heteroatoms. The molecular formula is C27H23ClFN3O5. The van der Waals surface area contributed by atoms with Gasteiger partial charge < -0.3 is 20.1 Å². The Morgan fingerprint density at radius 2 is 1.89 bits per heavy atom. The van der Waals surface area contributed by atoms with Gasteiger partial charge >= 0.3 is 6.03 Å². The van der Waals surface area contributed by atoms with Gasteiger partial charge in [-0.2, -0.15) is 0 Å². The summed E-state index contributed by atoms with van der Waals surface area (Å²) in [5.41, 5.74) is 2.62. The number of benzene rings is 3. The van der Waals surface area contributed by atoms with Crippen molar-refractivity contribution in [1.29, 1.82) is 0 Å². The average molecular weight is 524 g/mol. The van der Waals surface area contributed by atoms with Crippen molar-refractivity contribution in [3.8, 4) is 11.5 Å². The molecule has 4 rings (SSSR count). The van der Waals surface area contributed by atoms with Crippen LogP contribution in [0.15, 0.2) is 66.4 Å². The van der Waals surface area contributed by atoms with E-state index in [2.05, 4.69) is 10.6 Å². The minimum Gasteiger partial charge on any atom is -0.493 e. The molecule has 37 heavy (non-hydrogen) atoms. The molecule has 2 N–H and O–H groups in total. The normalized spacial score (nSPS) is 14.1. The third-order valence-electron chi connectivity index (χ3n) is 5.43. The highest BCUT2D eigenvalue weighted by Gasteiger charge is 2.35. The molecule has 0 radical (unpaired) electrons. The van der Waals surface area contributed by atoms with E-state index in [1.807, 2.05) is 19.1 Å². The van der Waals surface area contributed by atoms with Gasteiger partial charge in [0.25, 0.3) is 5.91 Å². The molecule has 3 aromatic carbocycles. The van der Waals surface area contributed by atoms with Crippen LogP contribution in [0.25, 0.3) is 6.08 Å². The van der Waals surface area contributed by atoms with E-state index in [0.29, 0.717) is 16.8 Å². The van der Waals surface area contributed by atoms with E-state index in [-0.39, 0.29) is 34.6 Å². The second-order valence-corrected chi connectivity index (χ2v) is 8.65. The predicted octanol–water partition coefficient (Wildman–Crippen LogP) is 4.91. The van der Waals surface area contributed by atoms with E-state index >= 15 is 0 Å². The SMILES string of the molecule is COc1cc(/C=C2/NC(=O)N(CC(=O)Nc3ccc(C)cc3)C2=O)cc(Cl)c1OCc1cccc(F)c1. The Morgan fingerprint density at radius 1 is 1.14 bits per heavy atom. The Bertz CT molecular complexity index is 1390. The summed E-state index contributed by atoms with van der Waals surface area (Å²) in [6.45, 7) is 1.53. The fraction of sp³-hybridized carbons (Fsp3) is 0.148. The van der Waals surface area contributed by atoms with Crippen molar-refractivity contribution in [2.45, 2.75) is 13.5 Å². The summed E-state index contributed by atoms with van der Waals surface area (Å²) in [4.78, 5) is 38.4. The molecule has 1 aliphatic rings. The summed E-state index contributed by atoms with van der Waals surface area (Å²) in [6.07, 6.45) is 1.42. The lowest BCUT2D eigenvalue weighted by Gasteiger charge is -2.14. The van der Waals surface area contributed by atoms with E-state index in [1.54, 1.807) is 30.3 Å². The zero-order chi connectivity index (χ0) is 26.5. The minimum atomic E-state index is -0.719. The van der Waals surface area contributed by atoms with Crippen LogP contribution >= 0.6 is 11.6 Å².